The predicted molar refractivity (Wildman–Crippen MR) is 334 cm³/mol. The van der Waals surface area contributed by atoms with Gasteiger partial charge in [-0.15, -0.1) is 0 Å². The fraction of sp³-hybridized carbons (Fsp3) is 0.438. The van der Waals surface area contributed by atoms with E-state index in [-0.39, 0.29) is 49.9 Å². The third kappa shape index (κ3) is 14.6. The molecule has 0 radical (unpaired) electrons. The standard InChI is InChI=1S/C64H76N14O12/c1-39(79)71-50(34-55(82)83)59(85)68-37-78-54(81)21-28-77(62(78)87)51-31-40(12-17-52(51)88-4)9-8-24-70-63(2)22-29-75(30-23-63)43-19-26-76(27-20-43)61-72-49-16-13-41(47-35-74(3)60(86)56-45(47)18-25-67-56)32-46(49)57(73-61)64(90-44-14-15-44,42-10-6-5-7-11-42)36-89-38-69-58(84)48(65)33-53(66)80/h5-7,10-13,16-18,25,31-32,35,43-44,48,50,67,70H,14-15,19-24,26-30,33-34,36-38,65H2,1-4H3,(H2,66,80)(H,68,85)(H,69,84)(H,71,79)(H,82,83)/t48-,50-,64-/m0/s1. The number of ether oxygens (including phenoxy) is 3. The molecule has 3 aromatic heterocycles. The molecule has 4 aliphatic rings. The molecule has 10 rings (SSSR count). The lowest BCUT2D eigenvalue weighted by molar-refractivity contribution is -0.141. The number of carbonyl (C=O) groups excluding carboxylic acids is 6. The lowest BCUT2D eigenvalue weighted by Gasteiger charge is -2.45. The van der Waals surface area contributed by atoms with Gasteiger partial charge in [0, 0.05) is 99.0 Å². The van der Waals surface area contributed by atoms with Crippen LogP contribution in [0.1, 0.15) is 88.5 Å². The first-order valence-corrected chi connectivity index (χ1v) is 30.1. The number of rotatable bonds is 24. The summed E-state index contributed by atoms with van der Waals surface area (Å²) < 4.78 is 20.8. The number of aliphatic carboxylic acids is 1. The summed E-state index contributed by atoms with van der Waals surface area (Å²) in [5, 5.41) is 21.8. The summed E-state index contributed by atoms with van der Waals surface area (Å²) in [6.07, 6.45) is 7.59. The van der Waals surface area contributed by atoms with Crippen LogP contribution in [0.15, 0.2) is 90.0 Å². The van der Waals surface area contributed by atoms with E-state index >= 15 is 0 Å². The molecule has 6 heterocycles. The van der Waals surface area contributed by atoms with Gasteiger partial charge in [0.1, 0.15) is 30.7 Å². The van der Waals surface area contributed by atoms with Crippen molar-refractivity contribution in [3.05, 3.63) is 112 Å². The minimum Gasteiger partial charge on any atom is -0.495 e. The van der Waals surface area contributed by atoms with Crippen LogP contribution in [0, 0.1) is 11.8 Å². The third-order valence-corrected chi connectivity index (χ3v) is 17.1. The molecule has 26 nitrogen and oxygen atoms in total. The summed E-state index contributed by atoms with van der Waals surface area (Å²) in [5.74, 6) is 2.72. The maximum atomic E-state index is 13.8. The highest BCUT2D eigenvalue weighted by Crippen LogP contribution is 2.44. The zero-order chi connectivity index (χ0) is 63.9. The Bertz CT molecular complexity index is 3810. The van der Waals surface area contributed by atoms with Crippen LogP contribution < -0.4 is 52.8 Å². The molecule has 3 aliphatic heterocycles. The number of fused-ring (bicyclic) bond motifs is 2. The number of hydrogen-bond donors (Lipinski definition) is 8. The largest absolute Gasteiger partial charge is 0.495 e. The zero-order valence-corrected chi connectivity index (χ0v) is 50.8. The number of benzene rings is 3. The third-order valence-electron chi connectivity index (χ3n) is 17.1. The Labute approximate surface area is 519 Å². The molecule has 0 bridgehead atoms. The number of urea groups is 1. The normalized spacial score (nSPS) is 17.7. The number of methoxy groups -OCH3 is 1. The number of piperidine rings is 2. The minimum atomic E-state index is -1.41. The highest BCUT2D eigenvalue weighted by molar-refractivity contribution is 6.07. The van der Waals surface area contributed by atoms with Crippen LogP contribution in [0.25, 0.3) is 32.9 Å². The van der Waals surface area contributed by atoms with E-state index in [1.807, 2.05) is 60.8 Å². The number of nitrogens with zero attached hydrogens (tertiary/aromatic N) is 7. The van der Waals surface area contributed by atoms with Crippen molar-refractivity contribution >= 4 is 75.0 Å². The molecule has 6 aromatic rings. The Morgan fingerprint density at radius 2 is 1.66 bits per heavy atom. The van der Waals surface area contributed by atoms with E-state index in [1.54, 1.807) is 36.0 Å². The van der Waals surface area contributed by atoms with E-state index in [1.165, 1.54) is 12.0 Å². The van der Waals surface area contributed by atoms with Crippen LogP contribution in [0.4, 0.5) is 16.4 Å². The van der Waals surface area contributed by atoms with Crippen molar-refractivity contribution in [1.29, 1.82) is 0 Å². The number of pyridine rings is 1. The number of amides is 7. The summed E-state index contributed by atoms with van der Waals surface area (Å²) in [5.41, 5.74) is 14.8. The fourth-order valence-electron chi connectivity index (χ4n) is 12.0. The van der Waals surface area contributed by atoms with Crippen LogP contribution in [0.3, 0.4) is 0 Å². The van der Waals surface area contributed by atoms with Crippen molar-refractivity contribution in [2.75, 3.05) is 76.2 Å². The van der Waals surface area contributed by atoms with Gasteiger partial charge >= 0.3 is 12.0 Å². The topological polar surface area (TPSA) is 344 Å². The quantitative estimate of drug-likeness (QED) is 0.0245. The lowest BCUT2D eigenvalue weighted by atomic mass is 9.87. The van der Waals surface area contributed by atoms with Crippen molar-refractivity contribution in [3.63, 3.8) is 0 Å². The van der Waals surface area contributed by atoms with Gasteiger partial charge in [0.15, 0.2) is 5.60 Å². The molecule has 474 valence electrons. The number of nitrogens with two attached hydrogens (primary N) is 2. The summed E-state index contributed by atoms with van der Waals surface area (Å²) in [6.45, 7) is 6.09. The fourth-order valence-corrected chi connectivity index (χ4v) is 12.0. The average Bonchev–Trinajstić information content (AvgIpc) is 1.09. The number of carboxylic acids is 1. The molecule has 0 spiro atoms. The smallest absolute Gasteiger partial charge is 0.332 e. The van der Waals surface area contributed by atoms with Crippen LogP contribution in [0.2, 0.25) is 0 Å². The molecule has 3 saturated heterocycles. The molecule has 26 heteroatoms. The molecule has 4 fully saturated rings. The highest BCUT2D eigenvalue weighted by Gasteiger charge is 2.45. The van der Waals surface area contributed by atoms with Crippen LogP contribution in [-0.2, 0) is 50.9 Å². The number of anilines is 2. The van der Waals surface area contributed by atoms with E-state index in [0.29, 0.717) is 70.7 Å². The van der Waals surface area contributed by atoms with Crippen molar-refractivity contribution in [2.24, 2.45) is 18.5 Å². The highest BCUT2D eigenvalue weighted by atomic mass is 16.6. The van der Waals surface area contributed by atoms with Gasteiger partial charge in [0.05, 0.1) is 62.1 Å². The van der Waals surface area contributed by atoms with E-state index in [4.69, 9.17) is 35.6 Å². The molecular weight excluding hydrogens is 1160 g/mol. The number of primary amides is 1. The second-order valence-corrected chi connectivity index (χ2v) is 23.6. The SMILES string of the molecule is COc1ccc(C#CCNC2(C)CCN(C3CCN(c4nc([C@@](COCNC(=O)[C@@H](N)CC(N)=O)(OC5CC5)c5ccccc5)c5cc(-c6cn(C)c(=O)c7[nH]ccc67)ccc5n4)CC3)CC2)cc1N1CCC(=O)N(CNC(=O)[C@H](CC(=O)O)NC(C)=O)C1=O. The van der Waals surface area contributed by atoms with Gasteiger partial charge in [-0.2, -0.15) is 0 Å². The number of likely N-dealkylation sites (tertiary alicyclic amines) is 1. The molecule has 1 aliphatic carbocycles. The first kappa shape index (κ1) is 63.7. The minimum absolute atomic E-state index is 0.0363. The van der Waals surface area contributed by atoms with Crippen molar-refractivity contribution in [3.8, 4) is 28.7 Å². The van der Waals surface area contributed by atoms with Gasteiger partial charge in [0.2, 0.25) is 35.5 Å². The van der Waals surface area contributed by atoms with E-state index in [2.05, 4.69) is 54.8 Å². The first-order valence-electron chi connectivity index (χ1n) is 30.1. The van der Waals surface area contributed by atoms with E-state index in [9.17, 15) is 43.5 Å². The average molecular weight is 1230 g/mol. The summed E-state index contributed by atoms with van der Waals surface area (Å²) >= 11 is 0. The van der Waals surface area contributed by atoms with Crippen molar-refractivity contribution in [2.45, 2.75) is 107 Å². The van der Waals surface area contributed by atoms with Crippen LogP contribution in [0.5, 0.6) is 5.75 Å². The molecule has 3 atom stereocenters. The Balaban J connectivity index is 0.819. The maximum Gasteiger partial charge on any atom is 0.332 e. The summed E-state index contributed by atoms with van der Waals surface area (Å²) in [6, 6.07) is 19.9. The molecule has 90 heavy (non-hydrogen) atoms. The van der Waals surface area contributed by atoms with E-state index < -0.39 is 72.3 Å². The second kappa shape index (κ2) is 27.6. The number of carboxylic acid groups (broad SMARTS) is 1. The number of hydrogen-bond acceptors (Lipinski definition) is 17. The van der Waals surface area contributed by atoms with E-state index in [0.717, 1.165) is 85.5 Å². The number of carbonyl (C=O) groups is 7. The van der Waals surface area contributed by atoms with Gasteiger partial charge in [0.25, 0.3) is 5.56 Å². The monoisotopic (exact) mass is 1230 g/mol. The molecule has 0 unspecified atom stereocenters. The van der Waals surface area contributed by atoms with Crippen LogP contribution in [-0.4, -0.2) is 172 Å². The molecule has 7 amide bonds. The Hall–Kier alpha value is -9.26. The molecule has 1 saturated carbocycles. The predicted octanol–water partition coefficient (Wildman–Crippen LogP) is 2.88. The summed E-state index contributed by atoms with van der Waals surface area (Å²) in [4.78, 5) is 121. The molecule has 10 N–H and O–H groups in total. The maximum absolute atomic E-state index is 13.8. The Morgan fingerprint density at radius 1 is 0.900 bits per heavy atom. The summed E-state index contributed by atoms with van der Waals surface area (Å²) in [7, 11) is 3.19. The zero-order valence-electron chi connectivity index (χ0n) is 50.8. The Kier molecular flexibility index (Phi) is 19.6. The Morgan fingerprint density at radius 3 is 2.36 bits per heavy atom. The number of nitrogens with one attached hydrogen (secondary N) is 5. The number of aryl methyl sites for hydroxylation is 1. The first-order chi connectivity index (χ1) is 43.2. The molecular formula is C64H76N14O12. The lowest BCUT2D eigenvalue weighted by Crippen LogP contribution is -2.57. The van der Waals surface area contributed by atoms with Gasteiger partial charge in [-0.25, -0.2) is 19.7 Å². The van der Waals surface area contributed by atoms with Crippen molar-refractivity contribution in [1.82, 2.24) is 50.6 Å². The van der Waals surface area contributed by atoms with Gasteiger partial charge in [-0.05, 0) is 93.0 Å². The van der Waals surface area contributed by atoms with Crippen LogP contribution >= 0.6 is 0 Å². The van der Waals surface area contributed by atoms with Crippen molar-refractivity contribution < 1.29 is 52.9 Å². The van der Waals surface area contributed by atoms with Gasteiger partial charge in [-0.3, -0.25) is 38.5 Å². The number of aromatic nitrogens is 4. The number of H-pyrrole nitrogens is 1. The number of aromatic amines is 1. The van der Waals surface area contributed by atoms with Gasteiger partial charge < -0.3 is 71.4 Å². The van der Waals surface area contributed by atoms with Gasteiger partial charge in [-0.1, -0.05) is 48.2 Å². The second-order valence-electron chi connectivity index (χ2n) is 23.6. The molecule has 3 aromatic carbocycles. The number of imide groups is 1.